The van der Waals surface area contributed by atoms with E-state index in [0.717, 1.165) is 35.4 Å². The zero-order valence-corrected chi connectivity index (χ0v) is 16.9. The third-order valence-corrected chi connectivity index (χ3v) is 7.15. The van der Waals surface area contributed by atoms with Crippen LogP contribution in [0.15, 0.2) is 53.7 Å². The number of benzene rings is 1. The van der Waals surface area contributed by atoms with Gasteiger partial charge in [0.15, 0.2) is 0 Å². The summed E-state index contributed by atoms with van der Waals surface area (Å²) in [7, 11) is -3.69. The molecule has 0 saturated heterocycles. The van der Waals surface area contributed by atoms with Gasteiger partial charge in [-0.05, 0) is 61.1 Å². The summed E-state index contributed by atoms with van der Waals surface area (Å²) in [6.45, 7) is 0.475. The van der Waals surface area contributed by atoms with Gasteiger partial charge in [-0.3, -0.25) is 4.79 Å². The Kier molecular flexibility index (Phi) is 5.09. The molecule has 0 radical (unpaired) electrons. The second-order valence-electron chi connectivity index (χ2n) is 6.82. The summed E-state index contributed by atoms with van der Waals surface area (Å²) in [5.41, 5.74) is 2.91. The number of hydrogen-bond acceptors (Lipinski definition) is 4. The van der Waals surface area contributed by atoms with E-state index in [4.69, 9.17) is 5.14 Å². The fourth-order valence-corrected chi connectivity index (χ4v) is 5.40. The van der Waals surface area contributed by atoms with E-state index in [9.17, 15) is 13.2 Å². The Morgan fingerprint density at radius 2 is 1.86 bits per heavy atom. The van der Waals surface area contributed by atoms with Crippen LogP contribution >= 0.6 is 11.3 Å². The fraction of sp³-hybridized carbons (Fsp3) is 0.250. The summed E-state index contributed by atoms with van der Waals surface area (Å²) >= 11 is 1.70. The maximum Gasteiger partial charge on any atom is 0.254 e. The molecule has 0 unspecified atom stereocenters. The number of nitrogens with one attached hydrogen (secondary N) is 1. The molecular formula is C20H21N3O3S2. The number of amides is 1. The summed E-state index contributed by atoms with van der Waals surface area (Å²) in [5, 5.41) is 9.11. The van der Waals surface area contributed by atoms with Crippen LogP contribution in [0.5, 0.6) is 0 Å². The Hall–Kier alpha value is -2.42. The fourth-order valence-electron chi connectivity index (χ4n) is 3.53. The highest BCUT2D eigenvalue weighted by Gasteiger charge is 2.27. The van der Waals surface area contributed by atoms with E-state index < -0.39 is 10.0 Å². The SMILES string of the molecule is NS(=O)(=O)c1ccc(CCNC(=O)c2c(-n3cccc3)sc3c2CCC3)cc1. The van der Waals surface area contributed by atoms with Crippen molar-refractivity contribution >= 4 is 27.3 Å². The Bertz CT molecular complexity index is 1100. The molecular weight excluding hydrogens is 394 g/mol. The summed E-state index contributed by atoms with van der Waals surface area (Å²) in [6, 6.07) is 10.3. The van der Waals surface area contributed by atoms with Gasteiger partial charge in [-0.15, -0.1) is 11.3 Å². The number of fused-ring (bicyclic) bond motifs is 1. The summed E-state index contributed by atoms with van der Waals surface area (Å²) in [6.07, 6.45) is 7.63. The standard InChI is InChI=1S/C20H21N3O3S2/c21-28(25,26)15-8-6-14(7-9-15)10-11-22-19(24)18-16-4-3-5-17(16)27-20(18)23-12-1-2-13-23/h1-2,6-9,12-13H,3-5,10-11H2,(H,22,24)(H2,21,25,26). The van der Waals surface area contributed by atoms with Gasteiger partial charge in [0.1, 0.15) is 5.00 Å². The molecule has 146 valence electrons. The molecule has 0 fully saturated rings. The average molecular weight is 416 g/mol. The van der Waals surface area contributed by atoms with E-state index in [1.54, 1.807) is 23.5 Å². The average Bonchev–Trinajstić information content (AvgIpc) is 3.37. The van der Waals surface area contributed by atoms with Crippen LogP contribution < -0.4 is 10.5 Å². The molecule has 4 rings (SSSR count). The molecule has 3 N–H and O–H groups in total. The molecule has 0 spiro atoms. The highest BCUT2D eigenvalue weighted by atomic mass is 32.2. The predicted octanol–water partition coefficient (Wildman–Crippen LogP) is 2.65. The van der Waals surface area contributed by atoms with E-state index in [1.807, 2.05) is 29.1 Å². The summed E-state index contributed by atoms with van der Waals surface area (Å²) in [5.74, 6) is -0.0516. The van der Waals surface area contributed by atoms with Crippen LogP contribution in [0.1, 0.15) is 32.8 Å². The molecule has 0 saturated carbocycles. The van der Waals surface area contributed by atoms with Crippen molar-refractivity contribution in [3.05, 3.63) is 70.4 Å². The van der Waals surface area contributed by atoms with Crippen LogP contribution in [-0.2, 0) is 29.3 Å². The zero-order chi connectivity index (χ0) is 19.7. The van der Waals surface area contributed by atoms with Gasteiger partial charge in [-0.25, -0.2) is 13.6 Å². The number of carbonyl (C=O) groups excluding carboxylic acids is 1. The van der Waals surface area contributed by atoms with Gasteiger partial charge in [0, 0.05) is 23.8 Å². The lowest BCUT2D eigenvalue weighted by molar-refractivity contribution is 0.0953. The molecule has 2 heterocycles. The number of nitrogens with two attached hydrogens (primary N) is 1. The van der Waals surface area contributed by atoms with Crippen molar-refractivity contribution < 1.29 is 13.2 Å². The first-order valence-electron chi connectivity index (χ1n) is 9.11. The van der Waals surface area contributed by atoms with Gasteiger partial charge in [0.25, 0.3) is 5.91 Å². The van der Waals surface area contributed by atoms with Crippen molar-refractivity contribution in [1.82, 2.24) is 9.88 Å². The Labute approximate surface area is 168 Å². The molecule has 1 aliphatic rings. The van der Waals surface area contributed by atoms with Gasteiger partial charge in [-0.2, -0.15) is 0 Å². The monoisotopic (exact) mass is 415 g/mol. The molecule has 1 aromatic carbocycles. The van der Waals surface area contributed by atoms with Crippen molar-refractivity contribution in [1.29, 1.82) is 0 Å². The van der Waals surface area contributed by atoms with Crippen molar-refractivity contribution in [2.75, 3.05) is 6.54 Å². The molecule has 8 heteroatoms. The van der Waals surface area contributed by atoms with Gasteiger partial charge >= 0.3 is 0 Å². The van der Waals surface area contributed by atoms with Crippen LogP contribution in [0.3, 0.4) is 0 Å². The number of carbonyl (C=O) groups is 1. The second kappa shape index (κ2) is 7.54. The second-order valence-corrected chi connectivity index (χ2v) is 9.47. The van der Waals surface area contributed by atoms with Gasteiger partial charge < -0.3 is 9.88 Å². The van der Waals surface area contributed by atoms with Crippen LogP contribution in [0.4, 0.5) is 0 Å². The number of nitrogens with zero attached hydrogens (tertiary/aromatic N) is 1. The summed E-state index contributed by atoms with van der Waals surface area (Å²) < 4.78 is 24.6. The molecule has 2 aromatic heterocycles. The minimum absolute atomic E-state index is 0.0516. The van der Waals surface area contributed by atoms with Crippen LogP contribution in [0.2, 0.25) is 0 Å². The first kappa shape index (κ1) is 18.9. The Morgan fingerprint density at radius 3 is 2.54 bits per heavy atom. The van der Waals surface area contributed by atoms with E-state index >= 15 is 0 Å². The largest absolute Gasteiger partial charge is 0.352 e. The molecule has 6 nitrogen and oxygen atoms in total. The van der Waals surface area contributed by atoms with E-state index in [1.165, 1.54) is 22.6 Å². The van der Waals surface area contributed by atoms with Gasteiger partial charge in [0.2, 0.25) is 10.0 Å². The maximum absolute atomic E-state index is 12.9. The molecule has 0 bridgehead atoms. The van der Waals surface area contributed by atoms with Gasteiger partial charge in [0.05, 0.1) is 10.5 Å². The topological polar surface area (TPSA) is 94.2 Å². The highest BCUT2D eigenvalue weighted by Crippen LogP contribution is 2.37. The number of sulfonamides is 1. The number of thiophene rings is 1. The molecule has 1 aliphatic carbocycles. The molecule has 0 aliphatic heterocycles. The first-order valence-corrected chi connectivity index (χ1v) is 11.5. The van der Waals surface area contributed by atoms with Crippen LogP contribution in [0.25, 0.3) is 5.00 Å². The van der Waals surface area contributed by atoms with Crippen molar-refractivity contribution in [3.8, 4) is 5.00 Å². The van der Waals surface area contributed by atoms with Gasteiger partial charge in [-0.1, -0.05) is 12.1 Å². The Morgan fingerprint density at radius 1 is 1.14 bits per heavy atom. The lowest BCUT2D eigenvalue weighted by Gasteiger charge is -2.09. The number of rotatable bonds is 6. The molecule has 3 aromatic rings. The Balaban J connectivity index is 1.46. The predicted molar refractivity (Wildman–Crippen MR) is 110 cm³/mol. The molecule has 0 atom stereocenters. The van der Waals surface area contributed by atoms with Crippen molar-refractivity contribution in [2.45, 2.75) is 30.6 Å². The molecule has 1 amide bonds. The maximum atomic E-state index is 12.9. The van der Waals surface area contributed by atoms with E-state index in [-0.39, 0.29) is 10.8 Å². The van der Waals surface area contributed by atoms with E-state index in [0.29, 0.717) is 13.0 Å². The van der Waals surface area contributed by atoms with E-state index in [2.05, 4.69) is 5.32 Å². The number of aromatic nitrogens is 1. The smallest absolute Gasteiger partial charge is 0.254 e. The lowest BCUT2D eigenvalue weighted by atomic mass is 10.1. The van der Waals surface area contributed by atoms with Crippen molar-refractivity contribution in [2.24, 2.45) is 5.14 Å². The number of aryl methyl sites for hydroxylation is 1. The lowest BCUT2D eigenvalue weighted by Crippen LogP contribution is -2.27. The number of primary sulfonamides is 1. The van der Waals surface area contributed by atoms with Crippen molar-refractivity contribution in [3.63, 3.8) is 0 Å². The third-order valence-electron chi connectivity index (χ3n) is 4.92. The van der Waals surface area contributed by atoms with Crippen LogP contribution in [0, 0.1) is 0 Å². The summed E-state index contributed by atoms with van der Waals surface area (Å²) in [4.78, 5) is 14.3. The minimum Gasteiger partial charge on any atom is -0.352 e. The third kappa shape index (κ3) is 3.76. The highest BCUT2D eigenvalue weighted by molar-refractivity contribution is 7.89. The number of hydrogen-bond donors (Lipinski definition) is 2. The quantitative estimate of drug-likeness (QED) is 0.648. The zero-order valence-electron chi connectivity index (χ0n) is 15.2. The first-order chi connectivity index (χ1) is 13.4. The molecule has 28 heavy (non-hydrogen) atoms. The minimum atomic E-state index is -3.69. The normalized spacial score (nSPS) is 13.5. The van der Waals surface area contributed by atoms with Crippen LogP contribution in [-0.4, -0.2) is 25.4 Å².